The van der Waals surface area contributed by atoms with E-state index < -0.39 is 11.7 Å². The Morgan fingerprint density at radius 2 is 1.93 bits per heavy atom. The maximum atomic E-state index is 13.2. The molecule has 0 spiro atoms. The molecule has 0 aliphatic rings. The van der Waals surface area contributed by atoms with Gasteiger partial charge in [-0.2, -0.15) is 17.7 Å². The fourth-order valence-electron chi connectivity index (χ4n) is 2.39. The van der Waals surface area contributed by atoms with Crippen LogP contribution in [0.1, 0.15) is 5.56 Å². The number of hydrogen-bond acceptors (Lipinski definition) is 5. The predicted molar refractivity (Wildman–Crippen MR) is 100 cm³/mol. The number of aromatic nitrogens is 4. The number of nitrogens with zero attached hydrogens (tertiary/aromatic N) is 3. The van der Waals surface area contributed by atoms with Crippen molar-refractivity contribution in [3.63, 3.8) is 0 Å². The Kier molecular flexibility index (Phi) is 6.46. The van der Waals surface area contributed by atoms with Crippen LogP contribution in [0, 0.1) is 0 Å². The number of nitrogens with one attached hydrogen (secondary N) is 2. The van der Waals surface area contributed by atoms with E-state index in [0.29, 0.717) is 5.69 Å². The van der Waals surface area contributed by atoms with E-state index in [0.717, 1.165) is 18.3 Å². The quantitative estimate of drug-likeness (QED) is 0.418. The molecule has 12 heteroatoms. The SMILES string of the molecule is COCCOc1c[nH]c(Nc2c(Cl)cncc2Cl)[n+]1-c1cc(C(F)(F)F)ccn1. The van der Waals surface area contributed by atoms with Gasteiger partial charge in [-0.05, 0) is 6.07 Å². The smallest absolute Gasteiger partial charge is 0.416 e. The molecule has 3 aromatic rings. The van der Waals surface area contributed by atoms with Crippen molar-refractivity contribution in [2.24, 2.45) is 0 Å². The van der Waals surface area contributed by atoms with Crippen molar-refractivity contribution in [1.29, 1.82) is 0 Å². The first-order chi connectivity index (χ1) is 13.8. The molecule has 0 saturated carbocycles. The molecule has 3 heterocycles. The summed E-state index contributed by atoms with van der Waals surface area (Å²) in [5.41, 5.74) is -0.542. The Bertz CT molecular complexity index is 977. The summed E-state index contributed by atoms with van der Waals surface area (Å²) in [7, 11) is 1.50. The molecule has 0 aliphatic heterocycles. The Labute approximate surface area is 173 Å². The zero-order valence-corrected chi connectivity index (χ0v) is 16.4. The summed E-state index contributed by atoms with van der Waals surface area (Å²) in [6, 6.07) is 1.78. The highest BCUT2D eigenvalue weighted by atomic mass is 35.5. The number of imidazole rings is 1. The molecule has 0 aliphatic carbocycles. The minimum atomic E-state index is -4.53. The normalized spacial score (nSPS) is 11.5. The first-order valence-electron chi connectivity index (χ1n) is 8.16. The number of halogens is 5. The molecule has 0 fully saturated rings. The lowest BCUT2D eigenvalue weighted by Crippen LogP contribution is -2.36. The lowest BCUT2D eigenvalue weighted by Gasteiger charge is -2.10. The van der Waals surface area contributed by atoms with Crippen LogP contribution in [-0.2, 0) is 10.9 Å². The summed E-state index contributed by atoms with van der Waals surface area (Å²) in [5, 5.41) is 3.39. The zero-order valence-electron chi connectivity index (χ0n) is 14.9. The summed E-state index contributed by atoms with van der Waals surface area (Å²) in [6.45, 7) is 0.454. The molecule has 0 amide bonds. The summed E-state index contributed by atoms with van der Waals surface area (Å²) in [5.74, 6) is 0.397. The third kappa shape index (κ3) is 4.89. The number of aromatic amines is 1. The fourth-order valence-corrected chi connectivity index (χ4v) is 2.85. The number of H-pyrrole nitrogens is 1. The number of methoxy groups -OCH3 is 1. The molecular weight excluding hydrogens is 434 g/mol. The summed E-state index contributed by atoms with van der Waals surface area (Å²) in [6.07, 6.45) is 0.746. The second-order valence-electron chi connectivity index (χ2n) is 5.66. The number of pyridine rings is 2. The molecule has 0 bridgehead atoms. The van der Waals surface area contributed by atoms with E-state index >= 15 is 0 Å². The molecule has 0 unspecified atom stereocenters. The summed E-state index contributed by atoms with van der Waals surface area (Å²) >= 11 is 12.3. The second kappa shape index (κ2) is 8.85. The Morgan fingerprint density at radius 1 is 1.21 bits per heavy atom. The lowest BCUT2D eigenvalue weighted by atomic mass is 10.2. The van der Waals surface area contributed by atoms with Gasteiger partial charge in [-0.3, -0.25) is 15.3 Å². The van der Waals surface area contributed by atoms with Gasteiger partial charge in [-0.25, -0.2) is 0 Å². The van der Waals surface area contributed by atoms with Gasteiger partial charge in [0.05, 0.1) is 28.4 Å². The van der Waals surface area contributed by atoms with E-state index in [2.05, 4.69) is 20.3 Å². The molecule has 0 saturated heterocycles. The van der Waals surface area contributed by atoms with Gasteiger partial charge < -0.3 is 9.47 Å². The molecule has 0 radical (unpaired) electrons. The van der Waals surface area contributed by atoms with Gasteiger partial charge in [0.2, 0.25) is 5.82 Å². The van der Waals surface area contributed by atoms with E-state index in [4.69, 9.17) is 32.7 Å². The molecular formula is C17H15Cl2F3N5O2+. The van der Waals surface area contributed by atoms with Gasteiger partial charge in [0.1, 0.15) is 18.5 Å². The molecule has 3 rings (SSSR count). The maximum absolute atomic E-state index is 13.2. The van der Waals surface area contributed by atoms with Crippen molar-refractivity contribution in [3.8, 4) is 11.7 Å². The Hall–Kier alpha value is -2.56. The largest absolute Gasteiger partial charge is 0.466 e. The average Bonchev–Trinajstić information content (AvgIpc) is 3.07. The molecule has 3 aromatic heterocycles. The van der Waals surface area contributed by atoms with E-state index in [9.17, 15) is 13.2 Å². The second-order valence-corrected chi connectivity index (χ2v) is 6.47. The summed E-state index contributed by atoms with van der Waals surface area (Å²) in [4.78, 5) is 10.8. The highest BCUT2D eigenvalue weighted by molar-refractivity contribution is 6.39. The Morgan fingerprint density at radius 3 is 2.59 bits per heavy atom. The highest BCUT2D eigenvalue weighted by Gasteiger charge is 2.33. The van der Waals surface area contributed by atoms with Gasteiger partial charge in [0.15, 0.2) is 0 Å². The molecule has 154 valence electrons. The number of rotatable bonds is 7. The third-order valence-corrected chi connectivity index (χ3v) is 4.29. The van der Waals surface area contributed by atoms with Crippen molar-refractivity contribution in [2.75, 3.05) is 25.6 Å². The summed E-state index contributed by atoms with van der Waals surface area (Å²) < 4.78 is 51.4. The van der Waals surface area contributed by atoms with Crippen molar-refractivity contribution in [1.82, 2.24) is 15.0 Å². The van der Waals surface area contributed by atoms with E-state index in [-0.39, 0.29) is 40.9 Å². The van der Waals surface area contributed by atoms with Crippen LogP contribution < -0.4 is 14.6 Å². The standard InChI is InChI=1S/C17H14Cl2F3N5O2/c1-28-4-5-29-14-9-25-16(26-15-11(18)7-23-8-12(15)19)27(14)13-6-10(2-3-24-13)17(20,21)22/h2-3,6-9H,4-5H2,1H3,(H,23,25,26)/p+1. The topological polar surface area (TPSA) is 75.9 Å². The lowest BCUT2D eigenvalue weighted by molar-refractivity contribution is -0.590. The predicted octanol–water partition coefficient (Wildman–Crippen LogP) is 4.18. The van der Waals surface area contributed by atoms with Crippen molar-refractivity contribution in [2.45, 2.75) is 6.18 Å². The van der Waals surface area contributed by atoms with Crippen LogP contribution in [0.2, 0.25) is 10.0 Å². The van der Waals surface area contributed by atoms with Crippen LogP contribution >= 0.6 is 23.2 Å². The Balaban J connectivity index is 2.06. The van der Waals surface area contributed by atoms with Crippen molar-refractivity contribution < 1.29 is 27.2 Å². The monoisotopic (exact) mass is 448 g/mol. The van der Waals surface area contributed by atoms with Gasteiger partial charge in [-0.15, -0.1) is 4.98 Å². The highest BCUT2D eigenvalue weighted by Crippen LogP contribution is 2.32. The number of ether oxygens (including phenoxy) is 2. The average molecular weight is 449 g/mol. The van der Waals surface area contributed by atoms with Gasteiger partial charge in [-0.1, -0.05) is 23.2 Å². The van der Waals surface area contributed by atoms with Crippen molar-refractivity contribution in [3.05, 3.63) is 52.5 Å². The maximum Gasteiger partial charge on any atom is 0.416 e. The van der Waals surface area contributed by atoms with Crippen molar-refractivity contribution >= 4 is 34.8 Å². The van der Waals surface area contributed by atoms with E-state index in [1.807, 2.05) is 0 Å². The van der Waals surface area contributed by atoms with Crippen LogP contribution in [-0.4, -0.2) is 35.3 Å². The zero-order chi connectivity index (χ0) is 21.0. The number of hydrogen-bond donors (Lipinski definition) is 2. The fraction of sp³-hybridized carbons (Fsp3) is 0.235. The van der Waals surface area contributed by atoms with Gasteiger partial charge in [0.25, 0.3) is 5.88 Å². The minimum absolute atomic E-state index is 0.0303. The van der Waals surface area contributed by atoms with E-state index in [1.54, 1.807) is 0 Å². The van der Waals surface area contributed by atoms with Crippen LogP contribution in [0.25, 0.3) is 5.82 Å². The van der Waals surface area contributed by atoms with Crippen LogP contribution in [0.3, 0.4) is 0 Å². The van der Waals surface area contributed by atoms with Gasteiger partial charge >= 0.3 is 12.1 Å². The molecule has 7 nitrogen and oxygen atoms in total. The molecule has 0 aromatic carbocycles. The number of anilines is 2. The van der Waals surface area contributed by atoms with Crippen LogP contribution in [0.4, 0.5) is 24.8 Å². The third-order valence-electron chi connectivity index (χ3n) is 3.71. The first-order valence-corrected chi connectivity index (χ1v) is 8.91. The van der Waals surface area contributed by atoms with Crippen LogP contribution in [0.5, 0.6) is 5.88 Å². The molecule has 2 N–H and O–H groups in total. The van der Waals surface area contributed by atoms with Crippen LogP contribution in [0.15, 0.2) is 36.9 Å². The molecule has 0 atom stereocenters. The van der Waals surface area contributed by atoms with Gasteiger partial charge in [0, 0.05) is 25.6 Å². The van der Waals surface area contributed by atoms with E-state index in [1.165, 1.54) is 30.3 Å². The first kappa shape index (κ1) is 21.2. The number of alkyl halides is 3. The molecule has 29 heavy (non-hydrogen) atoms. The minimum Gasteiger partial charge on any atom is -0.466 e.